The molecule has 0 unspecified atom stereocenters. The lowest BCUT2D eigenvalue weighted by Gasteiger charge is -2.64. The topological polar surface area (TPSA) is 46.5 Å². The summed E-state index contributed by atoms with van der Waals surface area (Å²) < 4.78 is 5.23. The number of fused-ring (bicyclic) bond motifs is 3. The van der Waals surface area contributed by atoms with Crippen LogP contribution in [0.15, 0.2) is 0 Å². The van der Waals surface area contributed by atoms with Gasteiger partial charge in [-0.15, -0.1) is 0 Å². The van der Waals surface area contributed by atoms with Gasteiger partial charge in [0.15, 0.2) is 0 Å². The Bertz CT molecular complexity index is 545. The maximum atomic E-state index is 12.6. The summed E-state index contributed by atoms with van der Waals surface area (Å²) in [6.45, 7) is 6.86. The second-order valence-corrected chi connectivity index (χ2v) is 9.99. The van der Waals surface area contributed by atoms with E-state index < -0.39 is 0 Å². The van der Waals surface area contributed by atoms with Gasteiger partial charge < -0.3 is 9.84 Å². The first-order chi connectivity index (χ1) is 11.3. The molecule has 3 heteroatoms. The van der Waals surface area contributed by atoms with Crippen LogP contribution < -0.4 is 0 Å². The summed E-state index contributed by atoms with van der Waals surface area (Å²) in [5, 5.41) is 11.2. The number of methoxy groups -OCH3 is 1. The number of aliphatic hydroxyl groups is 1. The number of rotatable bonds is 1. The number of hydrogen-bond acceptors (Lipinski definition) is 3. The number of esters is 1. The minimum absolute atomic E-state index is 0.0107. The first-order valence-electron chi connectivity index (χ1n) is 10.1. The minimum atomic E-state index is -0.338. The van der Waals surface area contributed by atoms with E-state index in [-0.39, 0.29) is 28.3 Å². The Morgan fingerprint density at radius 3 is 2.54 bits per heavy atom. The molecular formula is C21H34O3. The molecule has 0 aromatic heterocycles. The summed E-state index contributed by atoms with van der Waals surface area (Å²) in [5.41, 5.74) is -0.0349. The van der Waals surface area contributed by atoms with Gasteiger partial charge in [0.25, 0.3) is 0 Å². The third-order valence-corrected chi connectivity index (χ3v) is 9.32. The highest BCUT2D eigenvalue weighted by molar-refractivity contribution is 5.77. The molecule has 1 spiro atoms. The number of ether oxygens (including phenoxy) is 1. The van der Waals surface area contributed by atoms with Crippen LogP contribution in [-0.2, 0) is 9.53 Å². The number of hydrogen-bond donors (Lipinski definition) is 1. The standard InChI is InChI=1S/C21H34O3/c1-13-14-6-7-16-19(2)9-5-10-20(3,18(23)24-4)15(19)8-11-21(16,12-14)17(13)22/h13-17,22H,5-12H2,1-4H3/t13-,14+,15+,16+,17+,19-,20-,21-/m1/s1. The van der Waals surface area contributed by atoms with Crippen molar-refractivity contribution in [2.45, 2.75) is 78.2 Å². The third-order valence-electron chi connectivity index (χ3n) is 9.32. The van der Waals surface area contributed by atoms with Crippen molar-refractivity contribution in [3.63, 3.8) is 0 Å². The molecule has 0 saturated heterocycles. The van der Waals surface area contributed by atoms with Gasteiger partial charge in [0.05, 0.1) is 18.6 Å². The van der Waals surface area contributed by atoms with Crippen LogP contribution in [0.25, 0.3) is 0 Å². The number of carbonyl (C=O) groups is 1. The van der Waals surface area contributed by atoms with Crippen molar-refractivity contribution in [1.29, 1.82) is 0 Å². The van der Waals surface area contributed by atoms with Crippen molar-refractivity contribution in [3.8, 4) is 0 Å². The Morgan fingerprint density at radius 2 is 1.83 bits per heavy atom. The molecule has 3 nitrogen and oxygen atoms in total. The van der Waals surface area contributed by atoms with Crippen molar-refractivity contribution in [2.75, 3.05) is 7.11 Å². The largest absolute Gasteiger partial charge is 0.469 e. The maximum absolute atomic E-state index is 12.6. The van der Waals surface area contributed by atoms with Gasteiger partial charge in [-0.2, -0.15) is 0 Å². The molecule has 1 N–H and O–H groups in total. The SMILES string of the molecule is COC(=O)[C@]1(C)CCC[C@@]2(C)[C@@H]3CC[C@H]4C[C@@]3(CC[C@@H]21)[C@@H](O)[C@@H]4C. The maximum Gasteiger partial charge on any atom is 0.311 e. The summed E-state index contributed by atoms with van der Waals surface area (Å²) in [4.78, 5) is 12.6. The summed E-state index contributed by atoms with van der Waals surface area (Å²) in [7, 11) is 1.54. The van der Waals surface area contributed by atoms with Crippen LogP contribution in [0.2, 0.25) is 0 Å². The molecule has 4 saturated carbocycles. The number of carbonyl (C=O) groups excluding carboxylic acids is 1. The fraction of sp³-hybridized carbons (Fsp3) is 0.952. The van der Waals surface area contributed by atoms with Gasteiger partial charge in [0.1, 0.15) is 0 Å². The van der Waals surface area contributed by atoms with Crippen molar-refractivity contribution in [3.05, 3.63) is 0 Å². The Labute approximate surface area is 146 Å². The first-order valence-corrected chi connectivity index (χ1v) is 10.1. The molecule has 4 rings (SSSR count). The lowest BCUT2D eigenvalue weighted by atomic mass is 9.40. The zero-order valence-corrected chi connectivity index (χ0v) is 15.8. The highest BCUT2D eigenvalue weighted by Gasteiger charge is 2.68. The molecule has 0 aliphatic heterocycles. The lowest BCUT2D eigenvalue weighted by molar-refractivity contribution is -0.193. The molecule has 8 atom stereocenters. The van der Waals surface area contributed by atoms with Gasteiger partial charge in [0, 0.05) is 5.41 Å². The second-order valence-electron chi connectivity index (χ2n) is 9.99. The predicted molar refractivity (Wildman–Crippen MR) is 93.2 cm³/mol. The Hall–Kier alpha value is -0.570. The molecule has 0 heterocycles. The highest BCUT2D eigenvalue weighted by atomic mass is 16.5. The van der Waals surface area contributed by atoms with E-state index in [4.69, 9.17) is 4.74 Å². The highest BCUT2D eigenvalue weighted by Crippen LogP contribution is 2.72. The molecule has 0 amide bonds. The molecule has 4 aliphatic rings. The summed E-state index contributed by atoms with van der Waals surface area (Å²) in [5.74, 6) is 2.13. The van der Waals surface area contributed by atoms with E-state index in [0.29, 0.717) is 23.7 Å². The van der Waals surface area contributed by atoms with Crippen molar-refractivity contribution < 1.29 is 14.6 Å². The zero-order chi connectivity index (χ0) is 17.3. The van der Waals surface area contributed by atoms with Crippen LogP contribution >= 0.6 is 0 Å². The fourth-order valence-corrected chi connectivity index (χ4v) is 8.24. The van der Waals surface area contributed by atoms with Gasteiger partial charge in [0.2, 0.25) is 0 Å². The van der Waals surface area contributed by atoms with Crippen molar-refractivity contribution in [1.82, 2.24) is 0 Å². The predicted octanol–water partition coefficient (Wildman–Crippen LogP) is 4.18. The Kier molecular flexibility index (Phi) is 3.67. The van der Waals surface area contributed by atoms with Gasteiger partial charge >= 0.3 is 5.97 Å². The van der Waals surface area contributed by atoms with E-state index in [9.17, 15) is 9.90 Å². The normalized spacial score (nSPS) is 56.3. The van der Waals surface area contributed by atoms with Crippen molar-refractivity contribution in [2.24, 2.45) is 39.9 Å². The molecular weight excluding hydrogens is 300 g/mol. The fourth-order valence-electron chi connectivity index (χ4n) is 8.24. The molecule has 0 aromatic carbocycles. The Balaban J connectivity index is 1.74. The molecule has 4 aliphatic carbocycles. The smallest absolute Gasteiger partial charge is 0.311 e. The molecule has 136 valence electrons. The Morgan fingerprint density at radius 1 is 1.08 bits per heavy atom. The van der Waals surface area contributed by atoms with Crippen LogP contribution in [-0.4, -0.2) is 24.3 Å². The average molecular weight is 334 g/mol. The van der Waals surface area contributed by atoms with Gasteiger partial charge in [-0.3, -0.25) is 4.79 Å². The third kappa shape index (κ3) is 1.86. The lowest BCUT2D eigenvalue weighted by Crippen LogP contribution is -2.60. The van der Waals surface area contributed by atoms with E-state index >= 15 is 0 Å². The molecule has 2 bridgehead atoms. The van der Waals surface area contributed by atoms with Crippen LogP contribution in [0.1, 0.15) is 72.1 Å². The zero-order valence-electron chi connectivity index (χ0n) is 15.8. The van der Waals surface area contributed by atoms with Crippen LogP contribution in [0.3, 0.4) is 0 Å². The summed E-state index contributed by atoms with van der Waals surface area (Å²) in [6.07, 6.45) is 9.06. The van der Waals surface area contributed by atoms with E-state index in [2.05, 4.69) is 20.8 Å². The van der Waals surface area contributed by atoms with Crippen molar-refractivity contribution >= 4 is 5.97 Å². The number of aliphatic hydroxyl groups excluding tert-OH is 1. The summed E-state index contributed by atoms with van der Waals surface area (Å²) >= 11 is 0. The summed E-state index contributed by atoms with van der Waals surface area (Å²) in [6, 6.07) is 0. The van der Waals surface area contributed by atoms with Gasteiger partial charge in [-0.1, -0.05) is 20.3 Å². The molecule has 0 aromatic rings. The van der Waals surface area contributed by atoms with E-state index in [1.165, 1.54) is 32.8 Å². The van der Waals surface area contributed by atoms with Gasteiger partial charge in [-0.25, -0.2) is 0 Å². The first kappa shape index (κ1) is 16.9. The monoisotopic (exact) mass is 334 g/mol. The van der Waals surface area contributed by atoms with E-state index in [0.717, 1.165) is 25.7 Å². The quantitative estimate of drug-likeness (QED) is 0.732. The molecule has 24 heavy (non-hydrogen) atoms. The van der Waals surface area contributed by atoms with Crippen LogP contribution in [0.5, 0.6) is 0 Å². The van der Waals surface area contributed by atoms with Crippen LogP contribution in [0.4, 0.5) is 0 Å². The minimum Gasteiger partial charge on any atom is -0.469 e. The average Bonchev–Trinajstić information content (AvgIpc) is 2.74. The van der Waals surface area contributed by atoms with Gasteiger partial charge in [-0.05, 0) is 81.0 Å². The van der Waals surface area contributed by atoms with E-state index in [1.54, 1.807) is 0 Å². The molecule has 0 radical (unpaired) electrons. The second kappa shape index (κ2) is 5.22. The van der Waals surface area contributed by atoms with Crippen LogP contribution in [0, 0.1) is 39.9 Å². The van der Waals surface area contributed by atoms with E-state index in [1.807, 2.05) is 0 Å². The molecule has 4 fully saturated rings.